The van der Waals surface area contributed by atoms with Crippen molar-refractivity contribution in [2.75, 3.05) is 6.54 Å². The average molecular weight is 367 g/mol. The van der Waals surface area contributed by atoms with Crippen LogP contribution in [0.25, 0.3) is 22.2 Å². The topological polar surface area (TPSA) is 67.2 Å². The molecule has 0 bridgehead atoms. The Morgan fingerprint density at radius 3 is 2.67 bits per heavy atom. The molecule has 1 aromatic heterocycles. The van der Waals surface area contributed by atoms with Crippen LogP contribution in [0.5, 0.6) is 0 Å². The lowest BCUT2D eigenvalue weighted by Crippen LogP contribution is -2.38. The standard InChI is InChI=1S/C21H22FN3O2/c22-16-11-9-14(10-12-16)20-17-6-2-3-7-18(17)25(24-20)21(27)23-13-15-5-1-4-8-19(15)26/h2-3,6-7,9-12,15,19,26H,1,4-5,8,13H2,(H,23,27)/t15?,19-/m1/s1. The molecular formula is C21H22FN3O2. The van der Waals surface area contributed by atoms with Gasteiger partial charge in [-0.25, -0.2) is 9.18 Å². The van der Waals surface area contributed by atoms with Gasteiger partial charge in [-0.05, 0) is 43.2 Å². The van der Waals surface area contributed by atoms with E-state index >= 15 is 0 Å². The van der Waals surface area contributed by atoms with Gasteiger partial charge in [-0.1, -0.05) is 31.0 Å². The summed E-state index contributed by atoms with van der Waals surface area (Å²) < 4.78 is 14.6. The van der Waals surface area contributed by atoms with Crippen LogP contribution in [0.1, 0.15) is 25.7 Å². The number of aliphatic hydroxyl groups excluding tert-OH is 1. The molecule has 1 amide bonds. The fourth-order valence-electron chi connectivity index (χ4n) is 3.76. The first kappa shape index (κ1) is 17.7. The largest absolute Gasteiger partial charge is 0.393 e. The Bertz CT molecular complexity index is 952. The normalized spacial score (nSPS) is 19.9. The summed E-state index contributed by atoms with van der Waals surface area (Å²) >= 11 is 0. The average Bonchev–Trinajstić information content (AvgIpc) is 3.08. The Balaban J connectivity index is 1.61. The minimum absolute atomic E-state index is 0.0843. The predicted octanol–water partition coefficient (Wildman–Crippen LogP) is 3.95. The first-order valence-electron chi connectivity index (χ1n) is 9.33. The van der Waals surface area contributed by atoms with Gasteiger partial charge in [0.2, 0.25) is 0 Å². The van der Waals surface area contributed by atoms with E-state index < -0.39 is 0 Å². The molecule has 27 heavy (non-hydrogen) atoms. The predicted molar refractivity (Wildman–Crippen MR) is 102 cm³/mol. The molecule has 1 unspecified atom stereocenters. The molecule has 0 saturated heterocycles. The maximum atomic E-state index is 13.2. The molecule has 2 N–H and O–H groups in total. The summed E-state index contributed by atoms with van der Waals surface area (Å²) in [5.41, 5.74) is 2.08. The van der Waals surface area contributed by atoms with Crippen molar-refractivity contribution in [1.29, 1.82) is 0 Å². The van der Waals surface area contributed by atoms with Crippen LogP contribution in [0.3, 0.4) is 0 Å². The maximum absolute atomic E-state index is 13.2. The Morgan fingerprint density at radius 1 is 1.15 bits per heavy atom. The van der Waals surface area contributed by atoms with Gasteiger partial charge in [0.15, 0.2) is 0 Å². The second-order valence-electron chi connectivity index (χ2n) is 7.08. The van der Waals surface area contributed by atoms with Crippen molar-refractivity contribution in [2.45, 2.75) is 31.8 Å². The van der Waals surface area contributed by atoms with Crippen LogP contribution in [0.2, 0.25) is 0 Å². The highest BCUT2D eigenvalue weighted by Crippen LogP contribution is 2.28. The van der Waals surface area contributed by atoms with E-state index in [-0.39, 0.29) is 23.9 Å². The zero-order valence-corrected chi connectivity index (χ0v) is 14.9. The van der Waals surface area contributed by atoms with E-state index in [1.807, 2.05) is 24.3 Å². The lowest BCUT2D eigenvalue weighted by molar-refractivity contribution is 0.0709. The number of benzene rings is 2. The SMILES string of the molecule is O=C(NCC1CCCC[C@H]1O)n1nc(-c2ccc(F)cc2)c2ccccc21. The van der Waals surface area contributed by atoms with Gasteiger partial charge >= 0.3 is 6.03 Å². The van der Waals surface area contributed by atoms with Crippen LogP contribution in [0.4, 0.5) is 9.18 Å². The Hall–Kier alpha value is -2.73. The molecule has 2 aromatic carbocycles. The number of hydrogen-bond donors (Lipinski definition) is 2. The number of nitrogens with one attached hydrogen (secondary N) is 1. The smallest absolute Gasteiger partial charge is 0.342 e. The lowest BCUT2D eigenvalue weighted by atomic mass is 9.86. The van der Waals surface area contributed by atoms with Gasteiger partial charge in [-0.3, -0.25) is 0 Å². The molecule has 0 aliphatic heterocycles. The van der Waals surface area contributed by atoms with Crippen molar-refractivity contribution in [1.82, 2.24) is 15.1 Å². The number of halogens is 1. The highest BCUT2D eigenvalue weighted by Gasteiger charge is 2.24. The van der Waals surface area contributed by atoms with Crippen LogP contribution >= 0.6 is 0 Å². The Kier molecular flexibility index (Phi) is 4.90. The molecule has 1 aliphatic carbocycles. The highest BCUT2D eigenvalue weighted by atomic mass is 19.1. The van der Waals surface area contributed by atoms with Crippen LogP contribution in [-0.2, 0) is 0 Å². The van der Waals surface area contributed by atoms with E-state index in [4.69, 9.17) is 0 Å². The van der Waals surface area contributed by atoms with E-state index in [9.17, 15) is 14.3 Å². The van der Waals surface area contributed by atoms with E-state index in [2.05, 4.69) is 10.4 Å². The molecule has 1 heterocycles. The zero-order valence-electron chi connectivity index (χ0n) is 14.9. The molecule has 1 saturated carbocycles. The molecule has 140 valence electrons. The van der Waals surface area contributed by atoms with Gasteiger partial charge in [0.1, 0.15) is 11.5 Å². The number of para-hydroxylation sites is 1. The Labute approximate surface area is 156 Å². The number of aliphatic hydroxyl groups is 1. The maximum Gasteiger partial charge on any atom is 0.342 e. The summed E-state index contributed by atoms with van der Waals surface area (Å²) in [4.78, 5) is 12.8. The number of carbonyl (C=O) groups is 1. The molecular weight excluding hydrogens is 345 g/mol. The van der Waals surface area contributed by atoms with Crippen molar-refractivity contribution in [3.05, 3.63) is 54.3 Å². The fraction of sp³-hybridized carbons (Fsp3) is 0.333. The van der Waals surface area contributed by atoms with Crippen LogP contribution in [0, 0.1) is 11.7 Å². The zero-order chi connectivity index (χ0) is 18.8. The highest BCUT2D eigenvalue weighted by molar-refractivity contribution is 5.98. The van der Waals surface area contributed by atoms with Crippen molar-refractivity contribution >= 4 is 16.9 Å². The van der Waals surface area contributed by atoms with E-state index in [0.717, 1.165) is 36.6 Å². The second kappa shape index (κ2) is 7.48. The van der Waals surface area contributed by atoms with Crippen molar-refractivity contribution < 1.29 is 14.3 Å². The molecule has 0 radical (unpaired) electrons. The van der Waals surface area contributed by atoms with Gasteiger partial charge in [-0.15, -0.1) is 0 Å². The van der Waals surface area contributed by atoms with Crippen molar-refractivity contribution in [3.63, 3.8) is 0 Å². The summed E-state index contributed by atoms with van der Waals surface area (Å²) in [7, 11) is 0. The molecule has 1 aliphatic rings. The van der Waals surface area contributed by atoms with Crippen LogP contribution < -0.4 is 5.32 Å². The van der Waals surface area contributed by atoms with E-state index in [0.29, 0.717) is 17.8 Å². The number of aromatic nitrogens is 2. The van der Waals surface area contributed by atoms with Crippen LogP contribution in [0.15, 0.2) is 48.5 Å². The Morgan fingerprint density at radius 2 is 1.89 bits per heavy atom. The molecule has 0 spiro atoms. The number of rotatable bonds is 3. The molecule has 3 aromatic rings. The summed E-state index contributed by atoms with van der Waals surface area (Å²) in [6.45, 7) is 0.431. The minimum atomic E-state index is -0.358. The number of amides is 1. The van der Waals surface area contributed by atoms with Gasteiger partial charge < -0.3 is 10.4 Å². The third-order valence-electron chi connectivity index (χ3n) is 5.28. The monoisotopic (exact) mass is 367 g/mol. The molecule has 5 nitrogen and oxygen atoms in total. The summed E-state index contributed by atoms with van der Waals surface area (Å²) in [5, 5.41) is 18.3. The minimum Gasteiger partial charge on any atom is -0.393 e. The van der Waals surface area contributed by atoms with Gasteiger partial charge in [0.25, 0.3) is 0 Å². The summed E-state index contributed by atoms with van der Waals surface area (Å²) in [5.74, 6) is -0.229. The molecule has 2 atom stereocenters. The van der Waals surface area contributed by atoms with E-state index in [1.165, 1.54) is 16.8 Å². The molecule has 6 heteroatoms. The van der Waals surface area contributed by atoms with Gasteiger partial charge in [-0.2, -0.15) is 9.78 Å². The number of fused-ring (bicyclic) bond motifs is 1. The third kappa shape index (κ3) is 3.57. The first-order chi connectivity index (χ1) is 13.1. The summed E-state index contributed by atoms with van der Waals surface area (Å²) in [6, 6.07) is 13.2. The fourth-order valence-corrected chi connectivity index (χ4v) is 3.76. The molecule has 4 rings (SSSR count). The van der Waals surface area contributed by atoms with Gasteiger partial charge in [0.05, 0.1) is 11.6 Å². The number of hydrogen-bond acceptors (Lipinski definition) is 3. The third-order valence-corrected chi connectivity index (χ3v) is 5.28. The van der Waals surface area contributed by atoms with Crippen LogP contribution in [-0.4, -0.2) is 33.6 Å². The second-order valence-corrected chi connectivity index (χ2v) is 7.08. The lowest BCUT2D eigenvalue weighted by Gasteiger charge is -2.27. The number of carbonyl (C=O) groups excluding carboxylic acids is 1. The van der Waals surface area contributed by atoms with Gasteiger partial charge in [0, 0.05) is 23.4 Å². The van der Waals surface area contributed by atoms with Crippen molar-refractivity contribution in [2.24, 2.45) is 5.92 Å². The number of nitrogens with zero attached hydrogens (tertiary/aromatic N) is 2. The van der Waals surface area contributed by atoms with Crippen molar-refractivity contribution in [3.8, 4) is 11.3 Å². The quantitative estimate of drug-likeness (QED) is 0.737. The summed E-state index contributed by atoms with van der Waals surface area (Å²) in [6.07, 6.45) is 3.47. The first-order valence-corrected chi connectivity index (χ1v) is 9.33. The molecule has 1 fully saturated rings. The van der Waals surface area contributed by atoms with E-state index in [1.54, 1.807) is 12.1 Å².